The molecule has 0 unspecified atom stereocenters. The van der Waals surface area contributed by atoms with Crippen molar-refractivity contribution in [3.8, 4) is 0 Å². The number of methoxy groups -OCH3 is 1. The Kier molecular flexibility index (Phi) is 15.6. The van der Waals surface area contributed by atoms with Crippen molar-refractivity contribution >= 4 is 5.97 Å². The van der Waals surface area contributed by atoms with Gasteiger partial charge in [0.05, 0.1) is 41.5 Å². The van der Waals surface area contributed by atoms with E-state index in [0.29, 0.717) is 13.0 Å². The van der Waals surface area contributed by atoms with Crippen LogP contribution in [0.2, 0.25) is 0 Å². The first kappa shape index (κ1) is 45.4. The van der Waals surface area contributed by atoms with E-state index >= 15 is 0 Å². The molecule has 3 aliphatic heterocycles. The molecule has 3 heterocycles. The van der Waals surface area contributed by atoms with Gasteiger partial charge in [0.15, 0.2) is 12.6 Å². The highest BCUT2D eigenvalue weighted by molar-refractivity contribution is 5.73. The molecule has 14 nitrogen and oxygen atoms in total. The van der Waals surface area contributed by atoms with Crippen LogP contribution < -0.4 is 0 Å². The molecule has 0 spiro atoms. The number of carbonyl (C=O) groups excluding carboxylic acids is 1. The second kappa shape index (κ2) is 17.8. The summed E-state index contributed by atoms with van der Waals surface area (Å²) < 4.78 is 37.5. The highest BCUT2D eigenvalue weighted by Crippen LogP contribution is 2.40. The lowest BCUT2D eigenvalue weighted by molar-refractivity contribution is -0.318. The number of hydrogen-bond donors (Lipinski definition) is 5. The van der Waals surface area contributed by atoms with Crippen LogP contribution in [0.5, 0.6) is 0 Å². The van der Waals surface area contributed by atoms with Gasteiger partial charge in [-0.3, -0.25) is 4.79 Å². The van der Waals surface area contributed by atoms with Gasteiger partial charge >= 0.3 is 5.97 Å². The Morgan fingerprint density at radius 2 is 1.56 bits per heavy atom. The minimum Gasteiger partial charge on any atom is -0.459 e. The largest absolute Gasteiger partial charge is 0.459 e. The molecule has 3 rings (SSSR count). The molecule has 14 heteroatoms. The zero-order valence-corrected chi connectivity index (χ0v) is 34.2. The molecular weight excluding hydrogens is 676 g/mol. The predicted molar refractivity (Wildman–Crippen MR) is 194 cm³/mol. The maximum absolute atomic E-state index is 14.2. The van der Waals surface area contributed by atoms with Gasteiger partial charge in [-0.2, -0.15) is 0 Å². The highest BCUT2D eigenvalue weighted by Gasteiger charge is 2.52. The molecule has 0 bridgehead atoms. The second-order valence-electron chi connectivity index (χ2n) is 17.2. The van der Waals surface area contributed by atoms with Gasteiger partial charge in [0.25, 0.3) is 0 Å². The summed E-state index contributed by atoms with van der Waals surface area (Å²) in [6.07, 6.45) is -8.19. The number of esters is 1. The van der Waals surface area contributed by atoms with E-state index in [1.807, 2.05) is 51.7 Å². The molecule has 3 aliphatic rings. The SMILES string of the molecule is CC[C@H]1OC(=O)[C@H](C)[C@@H](O[C@@H]2C[C@](C)(OC)[C@H](O)[C@H](C)O2)[C@H](C)[C@@H](O[C@@H]2O[C@H](C)C[C@@H](N(C)C)[C@@H]2O)[C@](C)(O)C[C@@H](C)CN(C)[C@H](C)[C@@H](O)[C@]1(C)O. The van der Waals surface area contributed by atoms with Crippen LogP contribution in [-0.4, -0.2) is 166 Å². The summed E-state index contributed by atoms with van der Waals surface area (Å²) in [4.78, 5) is 18.0. The van der Waals surface area contributed by atoms with Gasteiger partial charge in [-0.25, -0.2) is 0 Å². The van der Waals surface area contributed by atoms with E-state index in [-0.39, 0.29) is 37.3 Å². The van der Waals surface area contributed by atoms with E-state index in [0.717, 1.165) is 0 Å². The molecule has 5 N–H and O–H groups in total. The molecule has 52 heavy (non-hydrogen) atoms. The van der Waals surface area contributed by atoms with E-state index in [1.165, 1.54) is 14.0 Å². The molecule has 3 saturated heterocycles. The van der Waals surface area contributed by atoms with Crippen LogP contribution in [0.1, 0.15) is 94.9 Å². The molecule has 18 atom stereocenters. The van der Waals surface area contributed by atoms with Gasteiger partial charge < -0.3 is 63.8 Å². The Morgan fingerprint density at radius 3 is 2.12 bits per heavy atom. The molecule has 0 aromatic rings. The first-order valence-electron chi connectivity index (χ1n) is 19.1. The van der Waals surface area contributed by atoms with E-state index in [9.17, 15) is 30.3 Å². The van der Waals surface area contributed by atoms with Crippen molar-refractivity contribution in [2.75, 3.05) is 34.8 Å². The standard InChI is InChI=1S/C38H72N2O12/c1-15-27-38(10,46)31(42)24(6)40(13)19-20(2)17-36(8,45)33(52-35-29(41)26(39(11)12)16-21(3)48-35)22(4)30(23(5)34(44)50-27)51-28-18-37(9,47-14)32(43)25(7)49-28/h20-33,35,41-43,45-46H,15-19H2,1-14H3/t20-,21-,22+,23-,24-,25+,26-,27-,28-,29+,30+,31-,32-,33-,35+,36-,37+,38-/m1/s1. The highest BCUT2D eigenvalue weighted by atomic mass is 16.7. The summed E-state index contributed by atoms with van der Waals surface area (Å²) in [6, 6.07) is -0.808. The number of hydrogen-bond acceptors (Lipinski definition) is 14. The summed E-state index contributed by atoms with van der Waals surface area (Å²) in [6.45, 7) is 18.0. The van der Waals surface area contributed by atoms with E-state index in [2.05, 4.69) is 0 Å². The van der Waals surface area contributed by atoms with Gasteiger partial charge in [-0.15, -0.1) is 0 Å². The normalized spacial score (nSPS) is 49.6. The molecule has 3 fully saturated rings. The van der Waals surface area contributed by atoms with Crippen molar-refractivity contribution in [1.29, 1.82) is 0 Å². The lowest BCUT2D eigenvalue weighted by Gasteiger charge is -2.48. The lowest BCUT2D eigenvalue weighted by atomic mass is 9.77. The second-order valence-corrected chi connectivity index (χ2v) is 17.2. The van der Waals surface area contributed by atoms with Crippen LogP contribution in [0.25, 0.3) is 0 Å². The predicted octanol–water partition coefficient (Wildman–Crippen LogP) is 1.90. The molecule has 0 aromatic carbocycles. The molecule has 306 valence electrons. The zero-order chi connectivity index (χ0) is 39.7. The number of cyclic esters (lactones) is 1. The minimum absolute atomic E-state index is 0.133. The van der Waals surface area contributed by atoms with E-state index < -0.39 is 96.0 Å². The van der Waals surface area contributed by atoms with Crippen LogP contribution in [0.4, 0.5) is 0 Å². The maximum atomic E-state index is 14.2. The fourth-order valence-electron chi connectivity index (χ4n) is 8.74. The van der Waals surface area contributed by atoms with Gasteiger partial charge in [-0.05, 0) is 94.8 Å². The van der Waals surface area contributed by atoms with Crippen molar-refractivity contribution < 1.29 is 58.7 Å². The molecule has 0 radical (unpaired) electrons. The van der Waals surface area contributed by atoms with Crippen molar-refractivity contribution in [1.82, 2.24) is 9.80 Å². The summed E-state index contributed by atoms with van der Waals surface area (Å²) in [5.41, 5.74) is -4.37. The number of nitrogens with zero attached hydrogens (tertiary/aromatic N) is 2. The first-order chi connectivity index (χ1) is 23.9. The summed E-state index contributed by atoms with van der Waals surface area (Å²) in [5.74, 6) is -2.58. The fourth-order valence-corrected chi connectivity index (χ4v) is 8.74. The summed E-state index contributed by atoms with van der Waals surface area (Å²) in [5, 5.41) is 58.1. The Balaban J connectivity index is 2.17. The fraction of sp³-hybridized carbons (Fsp3) is 0.974. The number of aliphatic hydroxyl groups excluding tert-OH is 3. The van der Waals surface area contributed by atoms with Crippen molar-refractivity contribution in [3.63, 3.8) is 0 Å². The van der Waals surface area contributed by atoms with Crippen molar-refractivity contribution in [2.45, 2.75) is 185 Å². The monoisotopic (exact) mass is 749 g/mol. The average Bonchev–Trinajstić information content (AvgIpc) is 3.05. The smallest absolute Gasteiger partial charge is 0.311 e. The Bertz CT molecular complexity index is 1140. The third-order valence-corrected chi connectivity index (χ3v) is 12.2. The van der Waals surface area contributed by atoms with E-state index in [1.54, 1.807) is 41.5 Å². The number of aliphatic hydroxyl groups is 5. The number of likely N-dealkylation sites (N-methyl/N-ethyl adjacent to an activating group) is 2. The Hall–Kier alpha value is -1.01. The first-order valence-corrected chi connectivity index (χ1v) is 19.1. The van der Waals surface area contributed by atoms with Gasteiger partial charge in [0, 0.05) is 38.1 Å². The molecule has 0 aliphatic carbocycles. The summed E-state index contributed by atoms with van der Waals surface area (Å²) in [7, 11) is 7.12. The van der Waals surface area contributed by atoms with Crippen LogP contribution in [0.3, 0.4) is 0 Å². The van der Waals surface area contributed by atoms with Crippen LogP contribution in [0, 0.1) is 17.8 Å². The molecule has 0 amide bonds. The van der Waals surface area contributed by atoms with Crippen LogP contribution in [-0.2, 0) is 33.2 Å². The van der Waals surface area contributed by atoms with Crippen LogP contribution in [0.15, 0.2) is 0 Å². The van der Waals surface area contributed by atoms with E-state index in [4.69, 9.17) is 28.4 Å². The van der Waals surface area contributed by atoms with Crippen molar-refractivity contribution in [3.05, 3.63) is 0 Å². The third-order valence-electron chi connectivity index (χ3n) is 12.2. The number of carbonyl (C=O) groups is 1. The number of rotatable bonds is 7. The van der Waals surface area contributed by atoms with Crippen LogP contribution >= 0.6 is 0 Å². The average molecular weight is 749 g/mol. The topological polar surface area (TPSA) is 180 Å². The quantitative estimate of drug-likeness (QED) is 0.238. The van der Waals surface area contributed by atoms with Crippen molar-refractivity contribution in [2.24, 2.45) is 17.8 Å². The third kappa shape index (κ3) is 10.0. The Morgan fingerprint density at radius 1 is 0.942 bits per heavy atom. The minimum atomic E-state index is -1.80. The molecule has 0 saturated carbocycles. The Labute approximate surface area is 312 Å². The summed E-state index contributed by atoms with van der Waals surface area (Å²) >= 11 is 0. The maximum Gasteiger partial charge on any atom is 0.311 e. The molecular formula is C38H72N2O12. The lowest BCUT2D eigenvalue weighted by Crippen LogP contribution is -2.60. The molecule has 0 aromatic heterocycles. The zero-order valence-electron chi connectivity index (χ0n) is 34.2. The number of ether oxygens (including phenoxy) is 6. The van der Waals surface area contributed by atoms with Gasteiger partial charge in [-0.1, -0.05) is 20.8 Å². The van der Waals surface area contributed by atoms with Gasteiger partial charge in [0.1, 0.15) is 30.0 Å². The van der Waals surface area contributed by atoms with Gasteiger partial charge in [0.2, 0.25) is 0 Å².